The van der Waals surface area contributed by atoms with E-state index < -0.39 is 5.82 Å². The second-order valence-electron chi connectivity index (χ2n) is 7.61. The van der Waals surface area contributed by atoms with Gasteiger partial charge >= 0.3 is 0 Å². The zero-order valence-corrected chi connectivity index (χ0v) is 15.4. The molecule has 5 heteroatoms. The Kier molecular flexibility index (Phi) is 4.68. The van der Waals surface area contributed by atoms with E-state index in [1.807, 2.05) is 35.2 Å². The van der Waals surface area contributed by atoms with E-state index in [1.165, 1.54) is 6.07 Å². The van der Waals surface area contributed by atoms with Gasteiger partial charge in [-0.25, -0.2) is 4.39 Å². The zero-order chi connectivity index (χ0) is 19.0. The summed E-state index contributed by atoms with van der Waals surface area (Å²) in [5.41, 5.74) is 1.58. The predicted molar refractivity (Wildman–Crippen MR) is 101 cm³/mol. The molecule has 3 heterocycles. The van der Waals surface area contributed by atoms with Gasteiger partial charge < -0.3 is 9.80 Å². The Bertz CT molecular complexity index is 868. The number of fused-ring (bicyclic) bond motifs is 4. The van der Waals surface area contributed by atoms with Crippen molar-refractivity contribution in [3.05, 3.63) is 71.0 Å². The van der Waals surface area contributed by atoms with E-state index in [9.17, 15) is 14.0 Å². The van der Waals surface area contributed by atoms with Gasteiger partial charge in [0.05, 0.1) is 5.56 Å². The van der Waals surface area contributed by atoms with Gasteiger partial charge in [-0.1, -0.05) is 24.3 Å². The first-order chi connectivity index (χ1) is 13.0. The lowest BCUT2D eigenvalue weighted by atomic mass is 9.94. The maximum Gasteiger partial charge on any atom is 0.257 e. The Balaban J connectivity index is 1.56. The lowest BCUT2D eigenvalue weighted by Crippen LogP contribution is -2.48. The van der Waals surface area contributed by atoms with Gasteiger partial charge in [-0.15, -0.1) is 0 Å². The minimum Gasteiger partial charge on any atom is -0.336 e. The first kappa shape index (κ1) is 17.7. The van der Waals surface area contributed by atoms with Gasteiger partial charge in [0.2, 0.25) is 0 Å². The normalized spacial score (nSPS) is 21.9. The molecule has 3 saturated heterocycles. The highest BCUT2D eigenvalue weighted by Gasteiger charge is 2.39. The number of piperidine rings is 1. The first-order valence-electron chi connectivity index (χ1n) is 9.44. The summed E-state index contributed by atoms with van der Waals surface area (Å²) >= 11 is 0. The van der Waals surface area contributed by atoms with Crippen molar-refractivity contribution in [1.29, 1.82) is 0 Å². The van der Waals surface area contributed by atoms with Crippen LogP contribution in [0, 0.1) is 18.7 Å². The number of hydrogen-bond donors (Lipinski definition) is 0. The number of nitrogens with zero attached hydrogens (tertiary/aromatic N) is 2. The highest BCUT2D eigenvalue weighted by molar-refractivity contribution is 5.96. The van der Waals surface area contributed by atoms with Crippen LogP contribution >= 0.6 is 0 Å². The van der Waals surface area contributed by atoms with Crippen LogP contribution in [0.25, 0.3) is 0 Å². The predicted octanol–water partition coefficient (Wildman–Crippen LogP) is 3.51. The molecule has 0 aliphatic carbocycles. The maximum atomic E-state index is 14.3. The molecule has 5 rings (SSSR count). The van der Waals surface area contributed by atoms with E-state index in [4.69, 9.17) is 0 Å². The van der Waals surface area contributed by atoms with Crippen LogP contribution in [0.15, 0.2) is 48.5 Å². The monoisotopic (exact) mass is 366 g/mol. The van der Waals surface area contributed by atoms with Crippen LogP contribution in [-0.4, -0.2) is 47.3 Å². The van der Waals surface area contributed by atoms with Crippen molar-refractivity contribution in [2.75, 3.05) is 19.6 Å². The van der Waals surface area contributed by atoms with Crippen molar-refractivity contribution in [3.8, 4) is 0 Å². The molecule has 3 aliphatic rings. The standard InChI is InChI=1S/C22H23FN2O2/c1-15-7-10-19(20(23)11-15)22(27)25-13-16-8-9-18(25)14-24(12-16)21(26)17-5-3-2-4-6-17/h2-7,10-11,16,18H,8-9,12-14H2,1H3/t16-,18+/m0/s1. The fraction of sp³-hybridized carbons (Fsp3) is 0.364. The van der Waals surface area contributed by atoms with E-state index in [-0.39, 0.29) is 29.3 Å². The molecule has 0 saturated carbocycles. The molecule has 2 aromatic carbocycles. The second kappa shape index (κ2) is 7.14. The van der Waals surface area contributed by atoms with E-state index >= 15 is 0 Å². The van der Waals surface area contributed by atoms with Gasteiger partial charge in [-0.3, -0.25) is 9.59 Å². The Hall–Kier alpha value is -2.69. The number of carbonyl (C=O) groups is 2. The Morgan fingerprint density at radius 1 is 0.963 bits per heavy atom. The summed E-state index contributed by atoms with van der Waals surface area (Å²) in [6.45, 7) is 3.53. The van der Waals surface area contributed by atoms with Crippen molar-refractivity contribution in [1.82, 2.24) is 9.80 Å². The number of hydrogen-bond acceptors (Lipinski definition) is 2. The maximum absolute atomic E-state index is 14.3. The molecule has 0 spiro atoms. The third kappa shape index (κ3) is 3.46. The average molecular weight is 366 g/mol. The van der Waals surface area contributed by atoms with Gasteiger partial charge in [0.15, 0.2) is 0 Å². The van der Waals surface area contributed by atoms with Crippen LogP contribution in [0.3, 0.4) is 0 Å². The van der Waals surface area contributed by atoms with E-state index in [1.54, 1.807) is 24.0 Å². The van der Waals surface area contributed by atoms with Crippen molar-refractivity contribution in [2.24, 2.45) is 5.92 Å². The summed E-state index contributed by atoms with van der Waals surface area (Å²) in [7, 11) is 0. The molecule has 3 fully saturated rings. The number of rotatable bonds is 2. The molecule has 2 amide bonds. The van der Waals surface area contributed by atoms with Crippen molar-refractivity contribution in [2.45, 2.75) is 25.8 Å². The van der Waals surface area contributed by atoms with Gasteiger partial charge in [-0.2, -0.15) is 0 Å². The van der Waals surface area contributed by atoms with Crippen LogP contribution in [-0.2, 0) is 0 Å². The average Bonchev–Trinajstić information content (AvgIpc) is 2.99. The van der Waals surface area contributed by atoms with Gasteiger partial charge in [-0.05, 0) is 55.5 Å². The van der Waals surface area contributed by atoms with E-state index in [2.05, 4.69) is 0 Å². The molecular formula is C22H23FN2O2. The van der Waals surface area contributed by atoms with E-state index in [0.717, 1.165) is 18.4 Å². The summed E-state index contributed by atoms with van der Waals surface area (Å²) in [6, 6.07) is 13.9. The highest BCUT2D eigenvalue weighted by Crippen LogP contribution is 2.30. The Morgan fingerprint density at radius 3 is 2.48 bits per heavy atom. The molecule has 0 radical (unpaired) electrons. The Labute approximate surface area is 158 Å². The number of benzene rings is 2. The van der Waals surface area contributed by atoms with Crippen LogP contribution < -0.4 is 0 Å². The van der Waals surface area contributed by atoms with Crippen molar-refractivity contribution >= 4 is 11.8 Å². The van der Waals surface area contributed by atoms with Crippen LogP contribution in [0.1, 0.15) is 39.1 Å². The molecule has 0 N–H and O–H groups in total. The molecule has 2 bridgehead atoms. The number of carbonyl (C=O) groups excluding carboxylic acids is 2. The molecule has 4 nitrogen and oxygen atoms in total. The highest BCUT2D eigenvalue weighted by atomic mass is 19.1. The van der Waals surface area contributed by atoms with Gasteiger partial charge in [0, 0.05) is 31.2 Å². The minimum absolute atomic E-state index is 0.00307. The molecular weight excluding hydrogens is 343 g/mol. The summed E-state index contributed by atoms with van der Waals surface area (Å²) in [5, 5.41) is 0. The van der Waals surface area contributed by atoms with Crippen LogP contribution in [0.4, 0.5) is 4.39 Å². The summed E-state index contributed by atoms with van der Waals surface area (Å²) in [4.78, 5) is 29.5. The molecule has 0 unspecified atom stereocenters. The van der Waals surface area contributed by atoms with E-state index in [0.29, 0.717) is 25.2 Å². The summed E-state index contributed by atoms with van der Waals surface area (Å²) in [6.07, 6.45) is 1.84. The topological polar surface area (TPSA) is 40.6 Å². The van der Waals surface area contributed by atoms with Gasteiger partial charge in [0.25, 0.3) is 11.8 Å². The lowest BCUT2D eigenvalue weighted by Gasteiger charge is -2.36. The second-order valence-corrected chi connectivity index (χ2v) is 7.61. The molecule has 0 aromatic heterocycles. The number of halogens is 1. The third-order valence-corrected chi connectivity index (χ3v) is 5.64. The number of aryl methyl sites for hydroxylation is 1. The molecule has 2 atom stereocenters. The summed E-state index contributed by atoms with van der Waals surface area (Å²) in [5.74, 6) is -0.509. The molecule has 2 aromatic rings. The quantitative estimate of drug-likeness (QED) is 0.816. The minimum atomic E-state index is -0.475. The lowest BCUT2D eigenvalue weighted by molar-refractivity contribution is 0.0570. The third-order valence-electron chi connectivity index (χ3n) is 5.64. The summed E-state index contributed by atoms with van der Waals surface area (Å²) < 4.78 is 14.3. The van der Waals surface area contributed by atoms with Crippen LogP contribution in [0.5, 0.6) is 0 Å². The fourth-order valence-corrected chi connectivity index (χ4v) is 4.21. The largest absolute Gasteiger partial charge is 0.336 e. The Morgan fingerprint density at radius 2 is 1.74 bits per heavy atom. The zero-order valence-electron chi connectivity index (χ0n) is 15.4. The number of amides is 2. The van der Waals surface area contributed by atoms with Crippen molar-refractivity contribution < 1.29 is 14.0 Å². The first-order valence-corrected chi connectivity index (χ1v) is 9.44. The smallest absolute Gasteiger partial charge is 0.257 e. The molecule has 3 aliphatic heterocycles. The van der Waals surface area contributed by atoms with Crippen LogP contribution in [0.2, 0.25) is 0 Å². The molecule has 27 heavy (non-hydrogen) atoms. The fourth-order valence-electron chi connectivity index (χ4n) is 4.21. The van der Waals surface area contributed by atoms with Crippen molar-refractivity contribution in [3.63, 3.8) is 0 Å². The van der Waals surface area contributed by atoms with Gasteiger partial charge in [0.1, 0.15) is 5.82 Å². The molecule has 140 valence electrons. The SMILES string of the molecule is Cc1ccc(C(=O)N2C[C@H]3CC[C@@H]2CN(C(=O)c2ccccc2)C3)c(F)c1.